The highest BCUT2D eigenvalue weighted by molar-refractivity contribution is 7.23. The van der Waals surface area contributed by atoms with Gasteiger partial charge in [-0.1, -0.05) is 12.1 Å². The first-order valence-corrected chi connectivity index (χ1v) is 17.0. The summed E-state index contributed by atoms with van der Waals surface area (Å²) < 4.78 is 48.2. The Morgan fingerprint density at radius 1 is 0.980 bits per heavy atom. The lowest BCUT2D eigenvalue weighted by Gasteiger charge is -2.16. The van der Waals surface area contributed by atoms with Crippen molar-refractivity contribution in [3.8, 4) is 21.9 Å². The van der Waals surface area contributed by atoms with Crippen molar-refractivity contribution in [2.75, 3.05) is 11.9 Å². The number of anilines is 1. The van der Waals surface area contributed by atoms with Crippen molar-refractivity contribution in [2.45, 2.75) is 50.6 Å². The number of pyridine rings is 2. The van der Waals surface area contributed by atoms with Crippen LogP contribution in [0.3, 0.4) is 0 Å². The first-order chi connectivity index (χ1) is 23.8. The van der Waals surface area contributed by atoms with Crippen molar-refractivity contribution >= 4 is 33.1 Å². The maximum absolute atomic E-state index is 14.2. The van der Waals surface area contributed by atoms with E-state index in [1.807, 2.05) is 17.0 Å². The number of benzene rings is 2. The number of thiophene rings is 1. The number of hydrogen-bond donors (Lipinski definition) is 2. The van der Waals surface area contributed by atoms with Crippen LogP contribution in [-0.2, 0) is 19.3 Å². The zero-order chi connectivity index (χ0) is 33.4. The van der Waals surface area contributed by atoms with E-state index in [-0.39, 0.29) is 29.7 Å². The van der Waals surface area contributed by atoms with Crippen molar-refractivity contribution in [1.29, 1.82) is 0 Å². The summed E-state index contributed by atoms with van der Waals surface area (Å²) >= 11 is 1.43. The summed E-state index contributed by atoms with van der Waals surface area (Å²) in [6.45, 7) is 0.620. The molecule has 1 aliphatic carbocycles. The average molecular weight is 681 g/mol. The van der Waals surface area contributed by atoms with Crippen LogP contribution in [-0.4, -0.2) is 37.5 Å². The number of aromatic amines is 1. The molecule has 2 atom stereocenters. The van der Waals surface area contributed by atoms with Crippen molar-refractivity contribution in [3.63, 3.8) is 0 Å². The summed E-state index contributed by atoms with van der Waals surface area (Å²) in [5, 5.41) is 10.9. The molecule has 0 spiro atoms. The number of rotatable bonds is 7. The van der Waals surface area contributed by atoms with Crippen LogP contribution < -0.4 is 11.1 Å². The summed E-state index contributed by atoms with van der Waals surface area (Å²) in [6.07, 6.45) is 5.54. The van der Waals surface area contributed by atoms with Gasteiger partial charge in [0.25, 0.3) is 11.8 Å². The third kappa shape index (κ3) is 4.94. The van der Waals surface area contributed by atoms with Crippen LogP contribution in [0.25, 0.3) is 32.0 Å². The molecule has 2 aromatic carbocycles. The minimum absolute atomic E-state index is 0.0232. The van der Waals surface area contributed by atoms with Crippen LogP contribution in [0.4, 0.5) is 19.0 Å². The lowest BCUT2D eigenvalue weighted by atomic mass is 9.93. The predicted octanol–water partition coefficient (Wildman–Crippen LogP) is 7.29. The molecule has 9 rings (SSSR count). The number of halogens is 3. The van der Waals surface area contributed by atoms with Gasteiger partial charge in [-0.3, -0.25) is 9.78 Å². The fraction of sp³-hybridized carbons (Fsp3) is 0.250. The van der Waals surface area contributed by atoms with E-state index in [2.05, 4.69) is 20.5 Å². The smallest absolute Gasteiger partial charge is 0.388 e. The van der Waals surface area contributed by atoms with E-state index < -0.39 is 17.4 Å². The number of nitrogens with one attached hydrogen (secondary N) is 2. The molecule has 0 saturated carbocycles. The molecule has 6 heterocycles. The Morgan fingerprint density at radius 2 is 1.82 bits per heavy atom. The van der Waals surface area contributed by atoms with Crippen LogP contribution in [0.5, 0.6) is 0 Å². The Kier molecular flexibility index (Phi) is 6.94. The fourth-order valence-electron chi connectivity index (χ4n) is 7.56. The Labute approximate surface area is 280 Å². The van der Waals surface area contributed by atoms with Crippen molar-refractivity contribution in [3.05, 3.63) is 116 Å². The van der Waals surface area contributed by atoms with Gasteiger partial charge < -0.3 is 14.6 Å². The number of carbonyl (C=O) groups excluding carboxylic acids is 1. The Hall–Kier alpha value is -5.30. The molecule has 2 unspecified atom stereocenters. The summed E-state index contributed by atoms with van der Waals surface area (Å²) in [5.41, 5.74) is 5.17. The number of H-pyrrole nitrogens is 1. The van der Waals surface area contributed by atoms with Gasteiger partial charge in [-0.05, 0) is 97.0 Å². The van der Waals surface area contributed by atoms with E-state index in [1.54, 1.807) is 18.3 Å². The molecule has 1 fully saturated rings. The molecule has 2 N–H and O–H groups in total. The van der Waals surface area contributed by atoms with Crippen molar-refractivity contribution in [2.24, 2.45) is 0 Å². The number of hydrogen-bond acceptors (Lipinski definition) is 8. The van der Waals surface area contributed by atoms with E-state index in [1.165, 1.54) is 35.6 Å². The van der Waals surface area contributed by atoms with E-state index >= 15 is 0 Å². The molecule has 246 valence electrons. The molecule has 2 aliphatic heterocycles. The highest BCUT2D eigenvalue weighted by Crippen LogP contribution is 2.50. The maximum atomic E-state index is 14.2. The molecule has 3 aliphatic rings. The van der Waals surface area contributed by atoms with Crippen molar-refractivity contribution in [1.82, 2.24) is 25.1 Å². The summed E-state index contributed by atoms with van der Waals surface area (Å²) in [4.78, 5) is 38.7. The molecule has 9 nitrogen and oxygen atoms in total. The zero-order valence-corrected chi connectivity index (χ0v) is 26.7. The number of aromatic nitrogens is 4. The second-order valence-corrected chi connectivity index (χ2v) is 13.7. The summed E-state index contributed by atoms with van der Waals surface area (Å²) in [5.74, 6) is -2.34. The van der Waals surface area contributed by atoms with Gasteiger partial charge in [-0.2, -0.15) is 0 Å². The van der Waals surface area contributed by atoms with Gasteiger partial charge in [0.05, 0.1) is 39.3 Å². The zero-order valence-electron chi connectivity index (χ0n) is 25.9. The second-order valence-electron chi connectivity index (χ2n) is 12.7. The minimum Gasteiger partial charge on any atom is -0.388 e. The first-order valence-electron chi connectivity index (χ1n) is 16.1. The Bertz CT molecular complexity index is 2370. The number of aryl methyl sites for hydroxylation is 3. The van der Waals surface area contributed by atoms with E-state index in [0.29, 0.717) is 71.7 Å². The van der Waals surface area contributed by atoms with Crippen LogP contribution in [0.15, 0.2) is 63.9 Å². The van der Waals surface area contributed by atoms with Crippen LogP contribution in [0.2, 0.25) is 0 Å². The molecular weight excluding hydrogens is 653 g/mol. The third-order valence-electron chi connectivity index (χ3n) is 9.81. The molecule has 0 radical (unpaired) electrons. The number of carbonyl (C=O) groups is 1. The second kappa shape index (κ2) is 11.4. The third-order valence-corrected chi connectivity index (χ3v) is 11.0. The quantitative estimate of drug-likeness (QED) is 0.182. The molecular formula is C36H27F3N6O3S. The van der Waals surface area contributed by atoms with Gasteiger partial charge in [-0.25, -0.2) is 28.0 Å². The van der Waals surface area contributed by atoms with Gasteiger partial charge >= 0.3 is 5.76 Å². The van der Waals surface area contributed by atoms with Gasteiger partial charge in [0.1, 0.15) is 11.6 Å². The Morgan fingerprint density at radius 3 is 2.63 bits per heavy atom. The molecule has 49 heavy (non-hydrogen) atoms. The molecule has 4 aromatic heterocycles. The van der Waals surface area contributed by atoms with Crippen LogP contribution in [0.1, 0.15) is 69.8 Å². The molecule has 13 heteroatoms. The minimum atomic E-state index is -0.887. The summed E-state index contributed by atoms with van der Waals surface area (Å²) in [6, 6.07) is 12.2. The van der Waals surface area contributed by atoms with E-state index in [0.717, 1.165) is 38.9 Å². The average Bonchev–Trinajstić information content (AvgIpc) is 3.93. The number of fused-ring (bicyclic) bond motifs is 5. The van der Waals surface area contributed by atoms with Gasteiger partial charge in [0.15, 0.2) is 11.6 Å². The number of nitrogens with zero attached hydrogens (tertiary/aromatic N) is 4. The SMILES string of the molecule is O=C1c2c(nc(CCc3ccc(F)cc3)c(-c3n[nH]c(=O)o3)c2-c2cc3ccnc(NC4CCc5cc(F)c(F)cc54)c3s2)C2CCCN12. The van der Waals surface area contributed by atoms with Gasteiger partial charge in [0.2, 0.25) is 0 Å². The Balaban J connectivity index is 1.21. The highest BCUT2D eigenvalue weighted by atomic mass is 32.1. The normalized spacial score (nSPS) is 17.9. The molecule has 1 amide bonds. The standard InChI is InChI=1S/C36H27F3N6O3S/c37-20-7-3-17(4-8-20)5-9-25-28(34-43-44-36(47)48-34)29(30-31(41-25)26-2-1-13-45(26)35(30)46)27-15-19-11-12-40-33(32(19)49-27)42-24-10-6-18-14-22(38)23(39)16-21(18)24/h3-4,7-8,11-12,14-16,24,26H,1-2,5-6,9-10,13H2,(H,40,42)(H,44,47). The van der Waals surface area contributed by atoms with Crippen LogP contribution >= 0.6 is 11.3 Å². The lowest BCUT2D eigenvalue weighted by molar-refractivity contribution is 0.0776. The fourth-order valence-corrected chi connectivity index (χ4v) is 8.73. The van der Waals surface area contributed by atoms with E-state index in [4.69, 9.17) is 9.40 Å². The van der Waals surface area contributed by atoms with Crippen LogP contribution in [0, 0.1) is 17.5 Å². The largest absolute Gasteiger partial charge is 0.434 e. The topological polar surface area (TPSA) is 117 Å². The van der Waals surface area contributed by atoms with Gasteiger partial charge in [-0.15, -0.1) is 16.4 Å². The maximum Gasteiger partial charge on any atom is 0.434 e. The first kappa shape index (κ1) is 29.8. The monoisotopic (exact) mass is 680 g/mol. The number of amides is 1. The molecule has 1 saturated heterocycles. The van der Waals surface area contributed by atoms with Crippen molar-refractivity contribution < 1.29 is 22.4 Å². The summed E-state index contributed by atoms with van der Waals surface area (Å²) in [7, 11) is 0. The lowest BCUT2D eigenvalue weighted by Crippen LogP contribution is -2.22. The highest BCUT2D eigenvalue weighted by Gasteiger charge is 2.45. The molecule has 6 aromatic rings. The van der Waals surface area contributed by atoms with Gasteiger partial charge in [0, 0.05) is 23.2 Å². The van der Waals surface area contributed by atoms with E-state index in [9.17, 15) is 22.8 Å². The predicted molar refractivity (Wildman–Crippen MR) is 177 cm³/mol. The molecule has 0 bridgehead atoms.